The molecule has 0 heterocycles. The van der Waals surface area contributed by atoms with E-state index in [1.54, 1.807) is 14.2 Å². The zero-order chi connectivity index (χ0) is 15.2. The molecule has 0 fully saturated rings. The summed E-state index contributed by atoms with van der Waals surface area (Å²) < 4.78 is 11.9. The molecule has 2 rings (SSSR count). The van der Waals surface area contributed by atoms with Crippen LogP contribution in [0.1, 0.15) is 24.5 Å². The van der Waals surface area contributed by atoms with Gasteiger partial charge in [0.2, 0.25) is 0 Å². The van der Waals surface area contributed by atoms with Crippen LogP contribution < -0.4 is 9.47 Å². The van der Waals surface area contributed by atoms with E-state index in [2.05, 4.69) is 53.8 Å². The third-order valence-corrected chi connectivity index (χ3v) is 4.26. The molecule has 0 aromatic heterocycles. The Morgan fingerprint density at radius 2 is 1.86 bits per heavy atom. The SMILES string of the molecule is CC/C(=C\c1ccccc1OC)c1ccc(OC)cc1I. The largest absolute Gasteiger partial charge is 0.497 e. The summed E-state index contributed by atoms with van der Waals surface area (Å²) in [6.07, 6.45) is 3.16. The van der Waals surface area contributed by atoms with Gasteiger partial charge < -0.3 is 9.47 Å². The third kappa shape index (κ3) is 3.79. The zero-order valence-corrected chi connectivity index (χ0v) is 14.7. The molecule has 0 N–H and O–H groups in total. The van der Waals surface area contributed by atoms with Gasteiger partial charge in [-0.1, -0.05) is 25.1 Å². The molecule has 21 heavy (non-hydrogen) atoms. The van der Waals surface area contributed by atoms with E-state index in [1.807, 2.05) is 24.3 Å². The summed E-state index contributed by atoms with van der Waals surface area (Å²) in [7, 11) is 3.39. The lowest BCUT2D eigenvalue weighted by Gasteiger charge is -2.11. The maximum absolute atomic E-state index is 5.43. The Kier molecular flexibility index (Phi) is 5.67. The molecule has 0 amide bonds. The van der Waals surface area contributed by atoms with E-state index in [1.165, 1.54) is 14.7 Å². The van der Waals surface area contributed by atoms with Crippen molar-refractivity contribution in [2.45, 2.75) is 13.3 Å². The van der Waals surface area contributed by atoms with E-state index in [-0.39, 0.29) is 0 Å². The molecule has 0 unspecified atom stereocenters. The molecular weight excluding hydrogens is 375 g/mol. The van der Waals surface area contributed by atoms with Crippen molar-refractivity contribution in [3.8, 4) is 11.5 Å². The number of ether oxygens (including phenoxy) is 2. The molecule has 2 aromatic carbocycles. The van der Waals surface area contributed by atoms with Crippen molar-refractivity contribution < 1.29 is 9.47 Å². The Labute approximate surface area is 139 Å². The number of allylic oxidation sites excluding steroid dienone is 1. The van der Waals surface area contributed by atoms with Gasteiger partial charge in [-0.3, -0.25) is 0 Å². The average Bonchev–Trinajstić information content (AvgIpc) is 2.53. The Balaban J connectivity index is 2.46. The molecule has 0 aliphatic heterocycles. The molecule has 110 valence electrons. The highest BCUT2D eigenvalue weighted by Gasteiger charge is 2.08. The first-order chi connectivity index (χ1) is 10.2. The van der Waals surface area contributed by atoms with Crippen molar-refractivity contribution >= 4 is 34.2 Å². The number of para-hydroxylation sites is 1. The first-order valence-electron chi connectivity index (χ1n) is 6.87. The summed E-state index contributed by atoms with van der Waals surface area (Å²) in [6, 6.07) is 14.2. The van der Waals surface area contributed by atoms with E-state index in [4.69, 9.17) is 9.47 Å². The van der Waals surface area contributed by atoms with E-state index >= 15 is 0 Å². The Hall–Kier alpha value is -1.49. The van der Waals surface area contributed by atoms with Crippen LogP contribution in [0, 0.1) is 3.57 Å². The van der Waals surface area contributed by atoms with Crippen molar-refractivity contribution in [3.05, 3.63) is 57.2 Å². The molecule has 2 aromatic rings. The quantitative estimate of drug-likeness (QED) is 0.509. The van der Waals surface area contributed by atoms with E-state index in [9.17, 15) is 0 Å². The fraction of sp³-hybridized carbons (Fsp3) is 0.222. The molecule has 0 spiro atoms. The number of methoxy groups -OCH3 is 2. The lowest BCUT2D eigenvalue weighted by atomic mass is 10.00. The summed E-state index contributed by atoms with van der Waals surface area (Å²) in [5, 5.41) is 0. The molecule has 3 heteroatoms. The third-order valence-electron chi connectivity index (χ3n) is 3.37. The van der Waals surface area contributed by atoms with Crippen molar-refractivity contribution in [2.24, 2.45) is 0 Å². The smallest absolute Gasteiger partial charge is 0.126 e. The van der Waals surface area contributed by atoms with Gasteiger partial charge in [0.05, 0.1) is 14.2 Å². The molecule has 0 aliphatic rings. The molecule has 0 aliphatic carbocycles. The van der Waals surface area contributed by atoms with Crippen molar-refractivity contribution in [1.29, 1.82) is 0 Å². The lowest BCUT2D eigenvalue weighted by molar-refractivity contribution is 0.414. The number of benzene rings is 2. The topological polar surface area (TPSA) is 18.5 Å². The lowest BCUT2D eigenvalue weighted by Crippen LogP contribution is -1.92. The van der Waals surface area contributed by atoms with Crippen molar-refractivity contribution in [2.75, 3.05) is 14.2 Å². The van der Waals surface area contributed by atoms with Gasteiger partial charge in [-0.2, -0.15) is 0 Å². The molecule has 0 radical (unpaired) electrons. The van der Waals surface area contributed by atoms with Gasteiger partial charge in [-0.25, -0.2) is 0 Å². The molecule has 0 saturated heterocycles. The van der Waals surface area contributed by atoms with Crippen molar-refractivity contribution in [1.82, 2.24) is 0 Å². The second kappa shape index (κ2) is 7.50. The minimum Gasteiger partial charge on any atom is -0.497 e. The predicted octanol–water partition coefficient (Wildman–Crippen LogP) is 5.26. The normalized spacial score (nSPS) is 11.3. The van der Waals surface area contributed by atoms with E-state index < -0.39 is 0 Å². The van der Waals surface area contributed by atoms with Gasteiger partial charge in [0.15, 0.2) is 0 Å². The van der Waals surface area contributed by atoms with Crippen LogP contribution in [0.15, 0.2) is 42.5 Å². The van der Waals surface area contributed by atoms with E-state index in [0.29, 0.717) is 0 Å². The van der Waals surface area contributed by atoms with Gasteiger partial charge in [-0.15, -0.1) is 0 Å². The van der Waals surface area contributed by atoms with Crippen LogP contribution in [0.3, 0.4) is 0 Å². The fourth-order valence-electron chi connectivity index (χ4n) is 2.23. The molecular formula is C18H19IO2. The highest BCUT2D eigenvalue weighted by molar-refractivity contribution is 14.1. The summed E-state index contributed by atoms with van der Waals surface area (Å²) in [5.41, 5.74) is 3.62. The second-order valence-corrected chi connectivity index (χ2v) is 5.77. The van der Waals surface area contributed by atoms with E-state index in [0.717, 1.165) is 23.5 Å². The Morgan fingerprint density at radius 1 is 1.10 bits per heavy atom. The minimum atomic E-state index is 0.885. The second-order valence-electron chi connectivity index (χ2n) is 4.61. The monoisotopic (exact) mass is 394 g/mol. The summed E-state index contributed by atoms with van der Waals surface area (Å²) in [5.74, 6) is 1.78. The number of rotatable bonds is 5. The Morgan fingerprint density at radius 3 is 2.48 bits per heavy atom. The Bertz CT molecular complexity index is 647. The first kappa shape index (κ1) is 15.9. The number of hydrogen-bond acceptors (Lipinski definition) is 2. The average molecular weight is 394 g/mol. The van der Waals surface area contributed by atoms with Crippen LogP contribution in [0.5, 0.6) is 11.5 Å². The predicted molar refractivity (Wildman–Crippen MR) is 96.9 cm³/mol. The van der Waals surface area contributed by atoms with Crippen LogP contribution >= 0.6 is 22.6 Å². The highest BCUT2D eigenvalue weighted by atomic mass is 127. The summed E-state index contributed by atoms with van der Waals surface area (Å²) in [4.78, 5) is 0. The van der Waals surface area contributed by atoms with Gasteiger partial charge in [0.1, 0.15) is 11.5 Å². The first-order valence-corrected chi connectivity index (χ1v) is 7.95. The fourth-order valence-corrected chi connectivity index (χ4v) is 3.06. The number of halogens is 1. The molecule has 0 atom stereocenters. The molecule has 0 bridgehead atoms. The van der Waals surface area contributed by atoms with Gasteiger partial charge in [0, 0.05) is 9.13 Å². The van der Waals surface area contributed by atoms with Crippen LogP contribution in [-0.4, -0.2) is 14.2 Å². The highest BCUT2D eigenvalue weighted by Crippen LogP contribution is 2.30. The van der Waals surface area contributed by atoms with Crippen LogP contribution in [-0.2, 0) is 0 Å². The van der Waals surface area contributed by atoms with Crippen LogP contribution in [0.4, 0.5) is 0 Å². The molecule has 0 saturated carbocycles. The summed E-state index contributed by atoms with van der Waals surface area (Å²) in [6.45, 7) is 2.17. The van der Waals surface area contributed by atoms with Crippen LogP contribution in [0.2, 0.25) is 0 Å². The van der Waals surface area contributed by atoms with Gasteiger partial charge in [-0.05, 0) is 70.5 Å². The maximum Gasteiger partial charge on any atom is 0.126 e. The number of hydrogen-bond donors (Lipinski definition) is 0. The van der Waals surface area contributed by atoms with Crippen molar-refractivity contribution in [3.63, 3.8) is 0 Å². The standard InChI is InChI=1S/C18H19IO2/c1-4-13(11-14-7-5-6-8-18(14)21-3)16-10-9-15(20-2)12-17(16)19/h5-12H,4H2,1-3H3/b13-11+. The molecule has 2 nitrogen and oxygen atoms in total. The zero-order valence-electron chi connectivity index (χ0n) is 12.5. The van der Waals surface area contributed by atoms with Gasteiger partial charge >= 0.3 is 0 Å². The van der Waals surface area contributed by atoms with Gasteiger partial charge in [0.25, 0.3) is 0 Å². The minimum absolute atomic E-state index is 0.885. The maximum atomic E-state index is 5.43. The van der Waals surface area contributed by atoms with Crippen LogP contribution in [0.25, 0.3) is 11.6 Å². The summed E-state index contributed by atoms with van der Waals surface area (Å²) >= 11 is 2.36.